The van der Waals surface area contributed by atoms with Gasteiger partial charge in [-0.2, -0.15) is 13.2 Å². The van der Waals surface area contributed by atoms with E-state index in [0.29, 0.717) is 0 Å². The fraction of sp³-hybridized carbons (Fsp3) is 0.286. The lowest BCUT2D eigenvalue weighted by Gasteiger charge is -2.08. The third-order valence-electron chi connectivity index (χ3n) is 1.50. The Morgan fingerprint density at radius 3 is 2.46 bits per heavy atom. The molecule has 0 fully saturated rings. The van der Waals surface area contributed by atoms with Gasteiger partial charge in [0.25, 0.3) is 5.56 Å². The average molecular weight is 212 g/mol. The number of alkyl halides is 4. The molecule has 13 heavy (non-hydrogen) atoms. The highest BCUT2D eigenvalue weighted by Crippen LogP contribution is 2.30. The van der Waals surface area contributed by atoms with E-state index in [0.717, 1.165) is 12.3 Å². The Morgan fingerprint density at radius 2 is 2.08 bits per heavy atom. The van der Waals surface area contributed by atoms with E-state index in [1.54, 1.807) is 0 Å². The van der Waals surface area contributed by atoms with Crippen molar-refractivity contribution in [2.75, 3.05) is 0 Å². The first-order valence-electron chi connectivity index (χ1n) is 3.30. The maximum atomic E-state index is 12.2. The smallest absolute Gasteiger partial charge is 0.329 e. The van der Waals surface area contributed by atoms with Gasteiger partial charge in [-0.3, -0.25) is 4.79 Å². The number of nitrogens with one attached hydrogen (secondary N) is 1. The van der Waals surface area contributed by atoms with Crippen LogP contribution in [0.1, 0.15) is 11.1 Å². The summed E-state index contributed by atoms with van der Waals surface area (Å²) >= 11 is 5.22. The molecule has 0 aliphatic carbocycles. The average Bonchev–Trinajstić information content (AvgIpc) is 2.02. The van der Waals surface area contributed by atoms with Crippen molar-refractivity contribution < 1.29 is 13.2 Å². The Morgan fingerprint density at radius 1 is 1.46 bits per heavy atom. The number of pyridine rings is 1. The number of halogens is 4. The molecule has 0 aromatic carbocycles. The molecule has 0 atom stereocenters. The van der Waals surface area contributed by atoms with Crippen molar-refractivity contribution >= 4 is 11.6 Å². The van der Waals surface area contributed by atoms with Crippen molar-refractivity contribution in [1.29, 1.82) is 0 Å². The molecule has 0 amide bonds. The summed E-state index contributed by atoms with van der Waals surface area (Å²) in [6.07, 6.45) is -3.58. The number of hydrogen-bond acceptors (Lipinski definition) is 1. The van der Waals surface area contributed by atoms with Crippen LogP contribution < -0.4 is 5.56 Å². The van der Waals surface area contributed by atoms with Gasteiger partial charge in [-0.1, -0.05) is 0 Å². The number of rotatable bonds is 1. The van der Waals surface area contributed by atoms with Crippen LogP contribution in [0.3, 0.4) is 0 Å². The number of hydrogen-bond donors (Lipinski definition) is 1. The van der Waals surface area contributed by atoms with E-state index in [1.165, 1.54) is 0 Å². The number of aromatic amines is 1. The molecule has 1 heterocycles. The molecule has 0 aliphatic rings. The molecule has 1 aromatic heterocycles. The van der Waals surface area contributed by atoms with Crippen LogP contribution in [-0.2, 0) is 12.1 Å². The van der Waals surface area contributed by atoms with Gasteiger partial charge in [0.15, 0.2) is 0 Å². The van der Waals surface area contributed by atoms with E-state index < -0.39 is 28.7 Å². The molecule has 0 radical (unpaired) electrons. The van der Waals surface area contributed by atoms with Crippen molar-refractivity contribution in [3.05, 3.63) is 33.7 Å². The van der Waals surface area contributed by atoms with E-state index in [9.17, 15) is 18.0 Å². The molecule has 0 aliphatic heterocycles. The normalized spacial score (nSPS) is 11.7. The van der Waals surface area contributed by atoms with E-state index in [2.05, 4.69) is 4.98 Å². The van der Waals surface area contributed by atoms with E-state index in [1.807, 2.05) is 0 Å². The highest BCUT2D eigenvalue weighted by molar-refractivity contribution is 6.17. The Bertz CT molecular complexity index is 357. The zero-order valence-corrected chi connectivity index (χ0v) is 7.04. The zero-order chi connectivity index (χ0) is 10.1. The molecule has 0 spiro atoms. The number of H-pyrrole nitrogens is 1. The quantitative estimate of drug-likeness (QED) is 0.710. The minimum atomic E-state index is -4.53. The topological polar surface area (TPSA) is 32.9 Å². The summed E-state index contributed by atoms with van der Waals surface area (Å²) in [5.41, 5.74) is -2.23. The first-order valence-corrected chi connectivity index (χ1v) is 3.84. The molecule has 1 N–H and O–H groups in total. The summed E-state index contributed by atoms with van der Waals surface area (Å²) in [4.78, 5) is 13.0. The molecule has 0 saturated heterocycles. The largest absolute Gasteiger partial charge is 0.416 e. The summed E-state index contributed by atoms with van der Waals surface area (Å²) in [6, 6.07) is 0.791. The van der Waals surface area contributed by atoms with Crippen LogP contribution in [0.25, 0.3) is 0 Å². The van der Waals surface area contributed by atoms with Gasteiger partial charge in [-0.05, 0) is 6.07 Å². The van der Waals surface area contributed by atoms with Gasteiger partial charge >= 0.3 is 6.18 Å². The van der Waals surface area contributed by atoms with Crippen molar-refractivity contribution in [2.45, 2.75) is 12.1 Å². The van der Waals surface area contributed by atoms with Gasteiger partial charge in [-0.15, -0.1) is 11.6 Å². The molecular weight excluding hydrogens is 207 g/mol. The second-order valence-electron chi connectivity index (χ2n) is 2.33. The predicted molar refractivity (Wildman–Crippen MR) is 41.6 cm³/mol. The van der Waals surface area contributed by atoms with Gasteiger partial charge < -0.3 is 4.98 Å². The van der Waals surface area contributed by atoms with Crippen LogP contribution in [0.5, 0.6) is 0 Å². The zero-order valence-electron chi connectivity index (χ0n) is 6.28. The standard InChI is InChI=1S/C7H5ClF3NO/c8-3-4-5(7(9,10)11)1-2-12-6(4)13/h1-2H,3H2,(H,12,13). The molecule has 0 bridgehead atoms. The predicted octanol–water partition coefficient (Wildman–Crippen LogP) is 2.13. The van der Waals surface area contributed by atoms with Gasteiger partial charge in [0.1, 0.15) is 0 Å². The number of aromatic nitrogens is 1. The molecule has 6 heteroatoms. The molecule has 2 nitrogen and oxygen atoms in total. The molecule has 1 rings (SSSR count). The van der Waals surface area contributed by atoms with Crippen molar-refractivity contribution in [2.24, 2.45) is 0 Å². The Hall–Kier alpha value is -0.970. The van der Waals surface area contributed by atoms with Crippen LogP contribution in [0.2, 0.25) is 0 Å². The van der Waals surface area contributed by atoms with Gasteiger partial charge in [0.05, 0.1) is 11.4 Å². The first-order chi connectivity index (χ1) is 5.96. The van der Waals surface area contributed by atoms with Crippen molar-refractivity contribution in [1.82, 2.24) is 4.98 Å². The minimum Gasteiger partial charge on any atom is -0.329 e. The Balaban J connectivity index is 3.38. The first kappa shape index (κ1) is 10.1. The molecule has 1 aromatic rings. The molecule has 0 saturated carbocycles. The van der Waals surface area contributed by atoms with Gasteiger partial charge in [0.2, 0.25) is 0 Å². The lowest BCUT2D eigenvalue weighted by Crippen LogP contribution is -2.19. The summed E-state index contributed by atoms with van der Waals surface area (Å²) < 4.78 is 36.6. The van der Waals surface area contributed by atoms with Crippen LogP contribution in [0.15, 0.2) is 17.1 Å². The second kappa shape index (κ2) is 3.41. The lowest BCUT2D eigenvalue weighted by molar-refractivity contribution is -0.138. The summed E-state index contributed by atoms with van der Waals surface area (Å²) in [7, 11) is 0. The van der Waals surface area contributed by atoms with E-state index >= 15 is 0 Å². The maximum absolute atomic E-state index is 12.2. The Kier molecular flexibility index (Phi) is 2.66. The third-order valence-corrected chi connectivity index (χ3v) is 1.77. The van der Waals surface area contributed by atoms with Gasteiger partial charge in [0, 0.05) is 11.8 Å². The van der Waals surface area contributed by atoms with E-state index in [-0.39, 0.29) is 0 Å². The minimum absolute atomic E-state index is 0.448. The van der Waals surface area contributed by atoms with Crippen molar-refractivity contribution in [3.63, 3.8) is 0 Å². The Labute approximate surface area is 76.3 Å². The van der Waals surface area contributed by atoms with Gasteiger partial charge in [-0.25, -0.2) is 0 Å². The highest BCUT2D eigenvalue weighted by atomic mass is 35.5. The third kappa shape index (κ3) is 2.03. The van der Waals surface area contributed by atoms with Crippen LogP contribution in [0, 0.1) is 0 Å². The lowest BCUT2D eigenvalue weighted by atomic mass is 10.1. The van der Waals surface area contributed by atoms with Crippen LogP contribution in [0.4, 0.5) is 13.2 Å². The molecular formula is C7H5ClF3NO. The van der Waals surface area contributed by atoms with Crippen LogP contribution >= 0.6 is 11.6 Å². The fourth-order valence-corrected chi connectivity index (χ4v) is 1.17. The SMILES string of the molecule is O=c1[nH]ccc(C(F)(F)F)c1CCl. The van der Waals surface area contributed by atoms with Crippen LogP contribution in [-0.4, -0.2) is 4.98 Å². The second-order valence-corrected chi connectivity index (χ2v) is 2.60. The summed E-state index contributed by atoms with van der Waals surface area (Å²) in [5, 5.41) is 0. The molecule has 72 valence electrons. The fourth-order valence-electron chi connectivity index (χ4n) is 0.909. The summed E-state index contributed by atoms with van der Waals surface area (Å²) in [6.45, 7) is 0. The summed E-state index contributed by atoms with van der Waals surface area (Å²) in [5.74, 6) is -0.453. The highest BCUT2D eigenvalue weighted by Gasteiger charge is 2.33. The maximum Gasteiger partial charge on any atom is 0.416 e. The van der Waals surface area contributed by atoms with E-state index in [4.69, 9.17) is 11.6 Å². The molecule has 0 unspecified atom stereocenters. The monoisotopic (exact) mass is 211 g/mol. The van der Waals surface area contributed by atoms with Crippen molar-refractivity contribution in [3.8, 4) is 0 Å².